The zero-order valence-electron chi connectivity index (χ0n) is 16.2. The molecule has 2 aliphatic rings. The van der Waals surface area contributed by atoms with Crippen LogP contribution in [-0.2, 0) is 18.9 Å². The van der Waals surface area contributed by atoms with E-state index in [4.69, 9.17) is 24.1 Å². The van der Waals surface area contributed by atoms with Crippen LogP contribution < -0.4 is 0 Å². The van der Waals surface area contributed by atoms with Gasteiger partial charge in [0.25, 0.3) is 0 Å². The lowest BCUT2D eigenvalue weighted by Gasteiger charge is -2.40. The maximum absolute atomic E-state index is 10.2. The molecule has 0 bridgehead atoms. The molecule has 0 aliphatic carbocycles. The van der Waals surface area contributed by atoms with E-state index in [1.165, 1.54) is 0 Å². The molecule has 3 rings (SSSR count). The van der Waals surface area contributed by atoms with E-state index in [2.05, 4.69) is 0 Å². The summed E-state index contributed by atoms with van der Waals surface area (Å²) >= 11 is 0. The number of aliphatic hydroxyl groups is 6. The van der Waals surface area contributed by atoms with E-state index in [0.717, 1.165) is 5.56 Å². The van der Waals surface area contributed by atoms with Crippen LogP contribution in [0.5, 0.6) is 0 Å². The van der Waals surface area contributed by atoms with Gasteiger partial charge < -0.3 is 49.6 Å². The summed E-state index contributed by atoms with van der Waals surface area (Å²) in [5.74, 6) is 0. The van der Waals surface area contributed by atoms with Crippen molar-refractivity contribution >= 4 is 6.08 Å². The van der Waals surface area contributed by atoms with Crippen LogP contribution in [0.15, 0.2) is 36.4 Å². The van der Waals surface area contributed by atoms with Gasteiger partial charge in [0, 0.05) is 0 Å². The summed E-state index contributed by atoms with van der Waals surface area (Å²) < 4.78 is 21.5. The van der Waals surface area contributed by atoms with Gasteiger partial charge in [-0.2, -0.15) is 0 Å². The smallest absolute Gasteiger partial charge is 0.187 e. The van der Waals surface area contributed by atoms with Gasteiger partial charge in [-0.25, -0.2) is 0 Å². The summed E-state index contributed by atoms with van der Waals surface area (Å²) in [5, 5.41) is 59.1. The van der Waals surface area contributed by atoms with Crippen LogP contribution >= 0.6 is 0 Å². The van der Waals surface area contributed by atoms with Crippen LogP contribution in [0.3, 0.4) is 0 Å². The first-order valence-electron chi connectivity index (χ1n) is 9.69. The minimum Gasteiger partial charge on any atom is -0.394 e. The van der Waals surface area contributed by atoms with Crippen LogP contribution in [-0.4, -0.2) is 106 Å². The lowest BCUT2D eigenvalue weighted by atomic mass is 9.99. The Morgan fingerprint density at radius 3 is 2.03 bits per heavy atom. The highest BCUT2D eigenvalue weighted by Gasteiger charge is 2.47. The summed E-state index contributed by atoms with van der Waals surface area (Å²) in [6, 6.07) is 9.50. The summed E-state index contributed by atoms with van der Waals surface area (Å²) in [6.07, 6.45) is -8.23. The molecule has 168 valence electrons. The average Bonchev–Trinajstić information content (AvgIpc) is 3.04. The van der Waals surface area contributed by atoms with E-state index < -0.39 is 61.9 Å². The Hall–Kier alpha value is -1.44. The predicted molar refractivity (Wildman–Crippen MR) is 102 cm³/mol. The molecule has 1 aromatic rings. The van der Waals surface area contributed by atoms with Gasteiger partial charge >= 0.3 is 0 Å². The van der Waals surface area contributed by atoms with Gasteiger partial charge in [-0.1, -0.05) is 42.5 Å². The van der Waals surface area contributed by atoms with Gasteiger partial charge in [-0.3, -0.25) is 0 Å². The number of rotatable bonds is 8. The minimum atomic E-state index is -1.54. The highest BCUT2D eigenvalue weighted by atomic mass is 16.7. The number of hydrogen-bond donors (Lipinski definition) is 6. The van der Waals surface area contributed by atoms with Crippen molar-refractivity contribution in [2.45, 2.75) is 55.3 Å². The maximum atomic E-state index is 10.2. The molecule has 9 atom stereocenters. The third-order valence-electron chi connectivity index (χ3n) is 5.06. The Kier molecular flexibility index (Phi) is 8.31. The number of benzene rings is 1. The Balaban J connectivity index is 1.52. The van der Waals surface area contributed by atoms with E-state index >= 15 is 0 Å². The Labute approximate surface area is 173 Å². The fraction of sp³-hybridized carbons (Fsp3) is 0.600. The van der Waals surface area contributed by atoms with E-state index in [-0.39, 0.29) is 13.2 Å². The molecule has 0 amide bonds. The summed E-state index contributed by atoms with van der Waals surface area (Å²) in [7, 11) is 0. The number of ether oxygens (including phenoxy) is 4. The molecular formula is C20H28O10. The van der Waals surface area contributed by atoms with Crippen LogP contribution in [0.25, 0.3) is 6.08 Å². The first kappa shape index (κ1) is 23.2. The average molecular weight is 428 g/mol. The fourth-order valence-corrected chi connectivity index (χ4v) is 3.28. The third kappa shape index (κ3) is 5.42. The zero-order valence-corrected chi connectivity index (χ0v) is 16.2. The predicted octanol–water partition coefficient (Wildman–Crippen LogP) is -2.02. The minimum absolute atomic E-state index is 0.0852. The van der Waals surface area contributed by atoms with Crippen molar-refractivity contribution in [2.24, 2.45) is 0 Å². The highest BCUT2D eigenvalue weighted by Crippen LogP contribution is 2.26. The molecule has 0 saturated carbocycles. The Morgan fingerprint density at radius 1 is 0.767 bits per heavy atom. The lowest BCUT2D eigenvalue weighted by molar-refractivity contribution is -0.307. The van der Waals surface area contributed by atoms with E-state index in [0.29, 0.717) is 0 Å². The van der Waals surface area contributed by atoms with E-state index in [1.807, 2.05) is 36.4 Å². The van der Waals surface area contributed by atoms with E-state index in [9.17, 15) is 25.5 Å². The van der Waals surface area contributed by atoms with Gasteiger partial charge in [0.15, 0.2) is 12.6 Å². The standard InChI is InChI=1S/C20H28O10/c21-9-12-14(22)17(25)20(29-12)28-10-13-15(23)16(24)18(26)19(30-13)27-8-4-7-11-5-2-1-3-6-11/h1-7,12-26H,8-10H2/b7-4-/t12-,13+,14-,15+,16-,17+,18+,19+,20+/m0/s1. The number of hydrogen-bond acceptors (Lipinski definition) is 10. The molecule has 2 aliphatic heterocycles. The van der Waals surface area contributed by atoms with Crippen molar-refractivity contribution in [3.63, 3.8) is 0 Å². The van der Waals surface area contributed by atoms with Gasteiger partial charge in [-0.15, -0.1) is 0 Å². The lowest BCUT2D eigenvalue weighted by Crippen LogP contribution is -2.59. The van der Waals surface area contributed by atoms with Crippen LogP contribution in [0, 0.1) is 0 Å². The van der Waals surface area contributed by atoms with E-state index in [1.54, 1.807) is 6.08 Å². The molecule has 10 heteroatoms. The molecule has 1 aromatic carbocycles. The van der Waals surface area contributed by atoms with Crippen molar-refractivity contribution in [2.75, 3.05) is 19.8 Å². The summed E-state index contributed by atoms with van der Waals surface area (Å²) in [6.45, 7) is -0.739. The molecule has 0 aromatic heterocycles. The monoisotopic (exact) mass is 428 g/mol. The van der Waals surface area contributed by atoms with Gasteiger partial charge in [-0.05, 0) is 5.56 Å². The molecule has 0 unspecified atom stereocenters. The first-order valence-corrected chi connectivity index (χ1v) is 9.69. The highest BCUT2D eigenvalue weighted by molar-refractivity contribution is 5.48. The number of aliphatic hydroxyl groups excluding tert-OH is 6. The molecule has 2 saturated heterocycles. The van der Waals surface area contributed by atoms with Gasteiger partial charge in [0.2, 0.25) is 0 Å². The summed E-state index contributed by atoms with van der Waals surface area (Å²) in [5.41, 5.74) is 0.964. The second kappa shape index (κ2) is 10.7. The molecule has 0 spiro atoms. The molecule has 10 nitrogen and oxygen atoms in total. The van der Waals surface area contributed by atoms with Crippen molar-refractivity contribution < 1.29 is 49.6 Å². The van der Waals surface area contributed by atoms with Gasteiger partial charge in [0.1, 0.15) is 42.7 Å². The van der Waals surface area contributed by atoms with Crippen molar-refractivity contribution in [1.82, 2.24) is 0 Å². The normalized spacial score (nSPS) is 39.6. The second-order valence-electron chi connectivity index (χ2n) is 7.20. The van der Waals surface area contributed by atoms with Crippen molar-refractivity contribution in [3.8, 4) is 0 Å². The fourth-order valence-electron chi connectivity index (χ4n) is 3.28. The molecule has 0 radical (unpaired) electrons. The summed E-state index contributed by atoms with van der Waals surface area (Å²) in [4.78, 5) is 0. The molecule has 30 heavy (non-hydrogen) atoms. The van der Waals surface area contributed by atoms with Crippen molar-refractivity contribution in [3.05, 3.63) is 42.0 Å². The Morgan fingerprint density at radius 2 is 1.37 bits per heavy atom. The second-order valence-corrected chi connectivity index (χ2v) is 7.20. The quantitative estimate of drug-likeness (QED) is 0.273. The maximum Gasteiger partial charge on any atom is 0.187 e. The van der Waals surface area contributed by atoms with Crippen LogP contribution in [0.4, 0.5) is 0 Å². The molecule has 6 N–H and O–H groups in total. The molecule has 2 heterocycles. The van der Waals surface area contributed by atoms with Gasteiger partial charge in [0.05, 0.1) is 19.8 Å². The van der Waals surface area contributed by atoms with Crippen LogP contribution in [0.2, 0.25) is 0 Å². The first-order chi connectivity index (χ1) is 14.4. The zero-order chi connectivity index (χ0) is 21.7. The Bertz CT molecular complexity index is 671. The van der Waals surface area contributed by atoms with Crippen molar-refractivity contribution in [1.29, 1.82) is 0 Å². The SMILES string of the molecule is OC[C@@H]1O[C@@H](OC[C@H]2O[C@@H](OC/C=C\c3ccccc3)[C@H](O)[C@@H](O)[C@@H]2O)[C@H](O)[C@H]1O. The molecule has 2 fully saturated rings. The molecular weight excluding hydrogens is 400 g/mol. The van der Waals surface area contributed by atoms with Crippen LogP contribution in [0.1, 0.15) is 5.56 Å². The third-order valence-corrected chi connectivity index (χ3v) is 5.06. The largest absolute Gasteiger partial charge is 0.394 e. The topological polar surface area (TPSA) is 158 Å².